The zero-order valence-corrected chi connectivity index (χ0v) is 12.8. The molecule has 1 aliphatic rings. The van der Waals surface area contributed by atoms with Gasteiger partial charge in [-0.05, 0) is 36.7 Å². The van der Waals surface area contributed by atoms with Gasteiger partial charge in [0.25, 0.3) is 0 Å². The van der Waals surface area contributed by atoms with Crippen molar-refractivity contribution in [3.05, 3.63) is 35.9 Å². The van der Waals surface area contributed by atoms with Crippen LogP contribution in [0.2, 0.25) is 0 Å². The first kappa shape index (κ1) is 16.0. The van der Waals surface area contributed by atoms with Crippen LogP contribution in [0, 0.1) is 16.7 Å². The van der Waals surface area contributed by atoms with Gasteiger partial charge < -0.3 is 15.3 Å². The van der Waals surface area contributed by atoms with Crippen LogP contribution >= 0.6 is 0 Å². The molecule has 0 amide bonds. The van der Waals surface area contributed by atoms with Crippen molar-refractivity contribution in [1.82, 2.24) is 0 Å². The Morgan fingerprint density at radius 1 is 1.19 bits per heavy atom. The number of aliphatic carboxylic acids is 1. The standard InChI is InChI=1S/C17H24O4/c1-16(2)12(9-10-17(16,3)15(20)21)14(19)13(18)11-7-5-4-6-8-11/h4-8,12-14,18-19H,9-10H2,1-3H3,(H,20,21)/t12-,13-,14+,17+/m1/s1. The molecule has 1 aromatic carbocycles. The van der Waals surface area contributed by atoms with E-state index >= 15 is 0 Å². The molecule has 21 heavy (non-hydrogen) atoms. The Hall–Kier alpha value is -1.39. The van der Waals surface area contributed by atoms with Crippen molar-refractivity contribution in [2.45, 2.75) is 45.8 Å². The molecule has 4 atom stereocenters. The quantitative estimate of drug-likeness (QED) is 0.797. The molecule has 0 aliphatic heterocycles. The van der Waals surface area contributed by atoms with Gasteiger partial charge in [-0.2, -0.15) is 0 Å². The van der Waals surface area contributed by atoms with Gasteiger partial charge in [0.2, 0.25) is 0 Å². The maximum absolute atomic E-state index is 11.6. The van der Waals surface area contributed by atoms with E-state index in [4.69, 9.17) is 0 Å². The van der Waals surface area contributed by atoms with Crippen LogP contribution in [0.1, 0.15) is 45.3 Å². The van der Waals surface area contributed by atoms with Crippen LogP contribution in [0.3, 0.4) is 0 Å². The zero-order valence-electron chi connectivity index (χ0n) is 12.8. The average Bonchev–Trinajstić information content (AvgIpc) is 2.70. The number of aliphatic hydroxyl groups is 2. The summed E-state index contributed by atoms with van der Waals surface area (Å²) in [7, 11) is 0. The Labute approximate surface area is 125 Å². The second kappa shape index (κ2) is 5.43. The Morgan fingerprint density at radius 3 is 2.24 bits per heavy atom. The Balaban J connectivity index is 2.25. The van der Waals surface area contributed by atoms with E-state index in [0.29, 0.717) is 18.4 Å². The highest BCUT2D eigenvalue weighted by Crippen LogP contribution is 2.58. The van der Waals surface area contributed by atoms with Gasteiger partial charge in [-0.25, -0.2) is 0 Å². The second-order valence-electron chi connectivity index (χ2n) is 6.85. The first-order chi connectivity index (χ1) is 9.72. The van der Waals surface area contributed by atoms with E-state index in [-0.39, 0.29) is 5.92 Å². The third-order valence-corrected chi connectivity index (χ3v) is 5.65. The largest absolute Gasteiger partial charge is 0.481 e. The molecule has 1 aliphatic carbocycles. The highest BCUT2D eigenvalue weighted by molar-refractivity contribution is 5.75. The van der Waals surface area contributed by atoms with Crippen molar-refractivity contribution in [2.75, 3.05) is 0 Å². The number of carboxylic acids is 1. The van der Waals surface area contributed by atoms with E-state index in [9.17, 15) is 20.1 Å². The highest BCUT2D eigenvalue weighted by atomic mass is 16.4. The van der Waals surface area contributed by atoms with Crippen LogP contribution < -0.4 is 0 Å². The van der Waals surface area contributed by atoms with Gasteiger partial charge in [-0.1, -0.05) is 44.2 Å². The summed E-state index contributed by atoms with van der Waals surface area (Å²) >= 11 is 0. The van der Waals surface area contributed by atoms with E-state index in [2.05, 4.69) is 0 Å². The molecule has 0 unspecified atom stereocenters. The fraction of sp³-hybridized carbons (Fsp3) is 0.588. The van der Waals surface area contributed by atoms with E-state index in [1.807, 2.05) is 32.0 Å². The van der Waals surface area contributed by atoms with Crippen molar-refractivity contribution >= 4 is 5.97 Å². The minimum atomic E-state index is -0.994. The van der Waals surface area contributed by atoms with Gasteiger partial charge in [-0.3, -0.25) is 4.79 Å². The van der Waals surface area contributed by atoms with Gasteiger partial charge in [-0.15, -0.1) is 0 Å². The van der Waals surface area contributed by atoms with Crippen LogP contribution in [-0.4, -0.2) is 27.4 Å². The summed E-state index contributed by atoms with van der Waals surface area (Å²) in [6, 6.07) is 9.01. The molecular weight excluding hydrogens is 268 g/mol. The van der Waals surface area contributed by atoms with Crippen LogP contribution in [0.25, 0.3) is 0 Å². The molecule has 2 rings (SSSR count). The fourth-order valence-corrected chi connectivity index (χ4v) is 3.58. The molecule has 0 spiro atoms. The Kier molecular flexibility index (Phi) is 4.13. The first-order valence-electron chi connectivity index (χ1n) is 7.36. The molecule has 116 valence electrons. The summed E-state index contributed by atoms with van der Waals surface area (Å²) in [5.74, 6) is -1.09. The highest BCUT2D eigenvalue weighted by Gasteiger charge is 2.58. The van der Waals surface area contributed by atoms with E-state index in [0.717, 1.165) is 0 Å². The van der Waals surface area contributed by atoms with Gasteiger partial charge in [0.15, 0.2) is 0 Å². The summed E-state index contributed by atoms with van der Waals surface area (Å²) in [6.45, 7) is 5.48. The molecular formula is C17H24O4. The third-order valence-electron chi connectivity index (χ3n) is 5.65. The SMILES string of the molecule is CC1(C)[C@@H]([C@H](O)[C@H](O)c2ccccc2)CC[C@@]1(C)C(=O)O. The third kappa shape index (κ3) is 2.47. The molecule has 1 aromatic rings. The molecule has 0 heterocycles. The van der Waals surface area contributed by atoms with E-state index < -0.39 is 29.0 Å². The maximum Gasteiger partial charge on any atom is 0.309 e. The Morgan fingerprint density at radius 2 is 1.76 bits per heavy atom. The predicted octanol–water partition coefficient (Wildman–Crippen LogP) is 2.61. The number of hydrogen-bond acceptors (Lipinski definition) is 3. The van der Waals surface area contributed by atoms with Gasteiger partial charge in [0, 0.05) is 0 Å². The number of benzene rings is 1. The number of hydrogen-bond donors (Lipinski definition) is 3. The number of rotatable bonds is 4. The molecule has 0 radical (unpaired) electrons. The lowest BCUT2D eigenvalue weighted by Gasteiger charge is -2.41. The minimum Gasteiger partial charge on any atom is -0.481 e. The van der Waals surface area contributed by atoms with Crippen molar-refractivity contribution < 1.29 is 20.1 Å². The van der Waals surface area contributed by atoms with E-state index in [1.165, 1.54) is 0 Å². The number of carbonyl (C=O) groups is 1. The monoisotopic (exact) mass is 292 g/mol. The van der Waals surface area contributed by atoms with Crippen LogP contribution in [0.15, 0.2) is 30.3 Å². The van der Waals surface area contributed by atoms with Crippen LogP contribution in [-0.2, 0) is 4.79 Å². The van der Waals surface area contributed by atoms with Crippen LogP contribution in [0.5, 0.6) is 0 Å². The summed E-state index contributed by atoms with van der Waals surface area (Å²) < 4.78 is 0. The lowest BCUT2D eigenvalue weighted by Crippen LogP contribution is -2.45. The molecule has 3 N–H and O–H groups in total. The average molecular weight is 292 g/mol. The van der Waals surface area contributed by atoms with Crippen molar-refractivity contribution in [1.29, 1.82) is 0 Å². The van der Waals surface area contributed by atoms with Crippen LogP contribution in [0.4, 0.5) is 0 Å². The lowest BCUT2D eigenvalue weighted by molar-refractivity contribution is -0.156. The van der Waals surface area contributed by atoms with Gasteiger partial charge in [0.05, 0.1) is 11.5 Å². The second-order valence-corrected chi connectivity index (χ2v) is 6.85. The summed E-state index contributed by atoms with van der Waals surface area (Å²) in [5, 5.41) is 30.5. The summed E-state index contributed by atoms with van der Waals surface area (Å²) in [6.07, 6.45) is -0.852. The molecule has 4 heteroatoms. The van der Waals surface area contributed by atoms with Gasteiger partial charge in [0.1, 0.15) is 6.10 Å². The topological polar surface area (TPSA) is 77.8 Å². The van der Waals surface area contributed by atoms with Crippen molar-refractivity contribution in [3.8, 4) is 0 Å². The lowest BCUT2D eigenvalue weighted by atomic mass is 9.64. The molecule has 1 saturated carbocycles. The number of carboxylic acid groups (broad SMARTS) is 1. The van der Waals surface area contributed by atoms with Gasteiger partial charge >= 0.3 is 5.97 Å². The normalized spacial score (nSPS) is 30.8. The molecule has 0 bridgehead atoms. The smallest absolute Gasteiger partial charge is 0.309 e. The van der Waals surface area contributed by atoms with Crippen molar-refractivity contribution in [3.63, 3.8) is 0 Å². The fourth-order valence-electron chi connectivity index (χ4n) is 3.58. The zero-order chi connectivity index (χ0) is 15.8. The summed E-state index contributed by atoms with van der Waals surface area (Å²) in [4.78, 5) is 11.6. The minimum absolute atomic E-state index is 0.256. The molecule has 0 saturated heterocycles. The number of aliphatic hydroxyl groups excluding tert-OH is 2. The Bertz CT molecular complexity index is 511. The predicted molar refractivity (Wildman–Crippen MR) is 79.7 cm³/mol. The maximum atomic E-state index is 11.6. The molecule has 1 fully saturated rings. The van der Waals surface area contributed by atoms with E-state index in [1.54, 1.807) is 19.1 Å². The molecule has 0 aromatic heterocycles. The van der Waals surface area contributed by atoms with Crippen molar-refractivity contribution in [2.24, 2.45) is 16.7 Å². The first-order valence-corrected chi connectivity index (χ1v) is 7.36. The summed E-state index contributed by atoms with van der Waals surface area (Å²) in [5.41, 5.74) is -0.812. The molecule has 4 nitrogen and oxygen atoms in total.